The maximum absolute atomic E-state index is 12.1. The fraction of sp³-hybridized carbons (Fsp3) is 0. The first kappa shape index (κ1) is 14.9. The van der Waals surface area contributed by atoms with Crippen molar-refractivity contribution in [1.82, 2.24) is 19.6 Å². The summed E-state index contributed by atoms with van der Waals surface area (Å²) < 4.78 is 1.60. The third-order valence-electron chi connectivity index (χ3n) is 3.03. The van der Waals surface area contributed by atoms with Gasteiger partial charge in [-0.25, -0.2) is 9.97 Å². The standard InChI is InChI=1S/C13H8BrN5O4/c14-8-2-4-10(20)7(5-8)1-3-9-11(19(22)23)12(21)18-13(17-9)15-6-16-18/h1-6,20H,(H,15,16,17). The molecule has 10 heteroatoms. The summed E-state index contributed by atoms with van der Waals surface area (Å²) in [4.78, 5) is 30.3. The van der Waals surface area contributed by atoms with Gasteiger partial charge >= 0.3 is 11.2 Å². The average Bonchev–Trinajstić information content (AvgIpc) is 2.96. The molecule has 3 rings (SSSR count). The number of nitro groups is 1. The number of halogens is 1. The number of nitrogens with one attached hydrogen (secondary N) is 1. The number of fused-ring (bicyclic) bond motifs is 1. The van der Waals surface area contributed by atoms with E-state index in [9.17, 15) is 20.0 Å². The SMILES string of the molecule is O=c1c([N+](=O)[O-])c(C=Cc2cc(Br)ccc2O)nc2nc[nH]n12. The number of rotatable bonds is 3. The Bertz CT molecular complexity index is 1010. The van der Waals surface area contributed by atoms with E-state index >= 15 is 0 Å². The highest BCUT2D eigenvalue weighted by molar-refractivity contribution is 9.10. The van der Waals surface area contributed by atoms with Crippen molar-refractivity contribution in [3.05, 3.63) is 60.7 Å². The van der Waals surface area contributed by atoms with Crippen molar-refractivity contribution in [1.29, 1.82) is 0 Å². The van der Waals surface area contributed by atoms with E-state index in [1.54, 1.807) is 12.1 Å². The summed E-state index contributed by atoms with van der Waals surface area (Å²) in [5.41, 5.74) is -1.28. The van der Waals surface area contributed by atoms with Gasteiger partial charge in [0.2, 0.25) is 0 Å². The van der Waals surface area contributed by atoms with Gasteiger partial charge in [-0.15, -0.1) is 0 Å². The van der Waals surface area contributed by atoms with E-state index in [0.717, 1.165) is 8.99 Å². The summed E-state index contributed by atoms with van der Waals surface area (Å²) in [6, 6.07) is 4.74. The van der Waals surface area contributed by atoms with Crippen LogP contribution in [0.15, 0.2) is 33.8 Å². The number of aromatic hydroxyl groups is 1. The monoisotopic (exact) mass is 377 g/mol. The Morgan fingerprint density at radius 2 is 2.17 bits per heavy atom. The molecule has 23 heavy (non-hydrogen) atoms. The lowest BCUT2D eigenvalue weighted by Gasteiger charge is -2.00. The Hall–Kier alpha value is -3.01. The van der Waals surface area contributed by atoms with Gasteiger partial charge in [-0.1, -0.05) is 15.9 Å². The topological polar surface area (TPSA) is 126 Å². The molecule has 116 valence electrons. The summed E-state index contributed by atoms with van der Waals surface area (Å²) >= 11 is 3.26. The number of aromatic nitrogens is 4. The second-order valence-electron chi connectivity index (χ2n) is 4.47. The molecule has 0 unspecified atom stereocenters. The van der Waals surface area contributed by atoms with Gasteiger partial charge in [0.25, 0.3) is 5.78 Å². The summed E-state index contributed by atoms with van der Waals surface area (Å²) in [6.45, 7) is 0. The Morgan fingerprint density at radius 1 is 1.39 bits per heavy atom. The summed E-state index contributed by atoms with van der Waals surface area (Å²) in [5, 5.41) is 23.4. The van der Waals surface area contributed by atoms with Crippen molar-refractivity contribution in [2.75, 3.05) is 0 Å². The van der Waals surface area contributed by atoms with Crippen LogP contribution in [0.5, 0.6) is 5.75 Å². The molecule has 0 atom stereocenters. The number of phenolic OH excluding ortho intramolecular Hbond substituents is 1. The van der Waals surface area contributed by atoms with Crippen LogP contribution in [0, 0.1) is 10.1 Å². The molecule has 9 nitrogen and oxygen atoms in total. The predicted molar refractivity (Wildman–Crippen MR) is 85.0 cm³/mol. The van der Waals surface area contributed by atoms with Crippen LogP contribution >= 0.6 is 15.9 Å². The second kappa shape index (κ2) is 5.65. The van der Waals surface area contributed by atoms with Crippen LogP contribution in [-0.4, -0.2) is 29.6 Å². The first-order chi connectivity index (χ1) is 11.0. The van der Waals surface area contributed by atoms with Crippen LogP contribution in [0.1, 0.15) is 11.3 Å². The second-order valence-corrected chi connectivity index (χ2v) is 5.38. The van der Waals surface area contributed by atoms with Crippen molar-refractivity contribution in [3.63, 3.8) is 0 Å². The van der Waals surface area contributed by atoms with Crippen molar-refractivity contribution in [2.45, 2.75) is 0 Å². The zero-order valence-electron chi connectivity index (χ0n) is 11.3. The molecule has 0 aliphatic carbocycles. The normalized spacial score (nSPS) is 11.3. The van der Waals surface area contributed by atoms with E-state index < -0.39 is 16.2 Å². The molecule has 0 fully saturated rings. The van der Waals surface area contributed by atoms with E-state index in [4.69, 9.17) is 0 Å². The van der Waals surface area contributed by atoms with Gasteiger partial charge in [-0.2, -0.15) is 4.52 Å². The Kier molecular flexibility index (Phi) is 3.66. The summed E-state index contributed by atoms with van der Waals surface area (Å²) in [6.07, 6.45) is 3.93. The maximum Gasteiger partial charge on any atom is 0.361 e. The lowest BCUT2D eigenvalue weighted by atomic mass is 10.1. The molecular weight excluding hydrogens is 370 g/mol. The fourth-order valence-electron chi connectivity index (χ4n) is 1.98. The smallest absolute Gasteiger partial charge is 0.361 e. The van der Waals surface area contributed by atoms with Crippen molar-refractivity contribution < 1.29 is 10.0 Å². The number of H-pyrrole nitrogens is 1. The molecule has 0 aliphatic heterocycles. The van der Waals surface area contributed by atoms with Crippen LogP contribution in [-0.2, 0) is 0 Å². The zero-order chi connectivity index (χ0) is 16.6. The van der Waals surface area contributed by atoms with Gasteiger partial charge in [-0.05, 0) is 30.4 Å². The molecule has 0 saturated heterocycles. The van der Waals surface area contributed by atoms with Gasteiger partial charge < -0.3 is 5.11 Å². The molecule has 0 radical (unpaired) electrons. The zero-order valence-corrected chi connectivity index (χ0v) is 12.9. The van der Waals surface area contributed by atoms with E-state index in [0.29, 0.717) is 5.56 Å². The van der Waals surface area contributed by atoms with E-state index in [2.05, 4.69) is 31.0 Å². The molecular formula is C13H8BrN5O4. The average molecular weight is 378 g/mol. The molecule has 2 heterocycles. The maximum atomic E-state index is 12.1. The molecule has 2 aromatic heterocycles. The van der Waals surface area contributed by atoms with Gasteiger partial charge in [0.05, 0.1) is 4.92 Å². The van der Waals surface area contributed by atoms with Crippen LogP contribution < -0.4 is 5.56 Å². The number of aromatic amines is 1. The van der Waals surface area contributed by atoms with E-state index in [1.165, 1.54) is 24.5 Å². The molecule has 2 N–H and O–H groups in total. The van der Waals surface area contributed by atoms with Gasteiger partial charge in [0.15, 0.2) is 5.69 Å². The number of benzene rings is 1. The van der Waals surface area contributed by atoms with Crippen LogP contribution in [0.4, 0.5) is 5.69 Å². The number of hydrogen-bond acceptors (Lipinski definition) is 6. The number of phenols is 1. The summed E-state index contributed by atoms with van der Waals surface area (Å²) in [7, 11) is 0. The molecule has 0 bridgehead atoms. The van der Waals surface area contributed by atoms with Crippen LogP contribution in [0.25, 0.3) is 17.9 Å². The lowest BCUT2D eigenvalue weighted by molar-refractivity contribution is -0.386. The Labute approximate surface area is 136 Å². The lowest BCUT2D eigenvalue weighted by Crippen LogP contribution is -2.20. The molecule has 0 spiro atoms. The quantitative estimate of drug-likeness (QED) is 0.530. The minimum Gasteiger partial charge on any atom is -0.507 e. The van der Waals surface area contributed by atoms with Crippen LogP contribution in [0.3, 0.4) is 0 Å². The molecule has 1 aromatic carbocycles. The summed E-state index contributed by atoms with van der Waals surface area (Å²) in [5.74, 6) is 0.00314. The largest absolute Gasteiger partial charge is 0.507 e. The Balaban J connectivity index is 2.17. The molecule has 0 amide bonds. The van der Waals surface area contributed by atoms with E-state index in [1.807, 2.05) is 0 Å². The van der Waals surface area contributed by atoms with Crippen molar-refractivity contribution in [3.8, 4) is 5.75 Å². The fourth-order valence-corrected chi connectivity index (χ4v) is 2.36. The van der Waals surface area contributed by atoms with Crippen LogP contribution in [0.2, 0.25) is 0 Å². The van der Waals surface area contributed by atoms with Gasteiger partial charge in [0, 0.05) is 10.0 Å². The first-order valence-corrected chi connectivity index (χ1v) is 7.04. The number of nitrogens with zero attached hydrogens (tertiary/aromatic N) is 4. The van der Waals surface area contributed by atoms with E-state index in [-0.39, 0.29) is 17.2 Å². The minimum atomic E-state index is -0.865. The Morgan fingerprint density at radius 3 is 2.91 bits per heavy atom. The highest BCUT2D eigenvalue weighted by Gasteiger charge is 2.22. The molecule has 0 aliphatic rings. The van der Waals surface area contributed by atoms with Crippen molar-refractivity contribution >= 4 is 39.5 Å². The first-order valence-electron chi connectivity index (χ1n) is 6.24. The van der Waals surface area contributed by atoms with Crippen molar-refractivity contribution in [2.24, 2.45) is 0 Å². The third-order valence-corrected chi connectivity index (χ3v) is 3.52. The molecule has 3 aromatic rings. The number of hydrogen-bond donors (Lipinski definition) is 2. The highest BCUT2D eigenvalue weighted by Crippen LogP contribution is 2.24. The molecule has 0 saturated carbocycles. The third kappa shape index (κ3) is 2.71. The van der Waals surface area contributed by atoms with Gasteiger partial charge in [-0.3, -0.25) is 20.0 Å². The van der Waals surface area contributed by atoms with Gasteiger partial charge in [0.1, 0.15) is 12.1 Å². The highest BCUT2D eigenvalue weighted by atomic mass is 79.9. The minimum absolute atomic E-state index is 0.00956. The predicted octanol–water partition coefficient (Wildman–Crippen LogP) is 1.96.